The number of hydrogen-bond acceptors (Lipinski definition) is 3. The molecule has 116 valence electrons. The molecule has 0 saturated carbocycles. The van der Waals surface area contributed by atoms with E-state index in [1.54, 1.807) is 0 Å². The van der Waals surface area contributed by atoms with Gasteiger partial charge in [-0.05, 0) is 44.9 Å². The van der Waals surface area contributed by atoms with Crippen LogP contribution in [0.15, 0.2) is 12.1 Å². The molecule has 1 aromatic carbocycles. The fourth-order valence-corrected chi connectivity index (χ4v) is 3.69. The molecule has 0 aromatic heterocycles. The predicted molar refractivity (Wildman–Crippen MR) is 80.6 cm³/mol. The molecule has 3 rings (SSSR count). The van der Waals surface area contributed by atoms with Crippen LogP contribution in [0.4, 0.5) is 0 Å². The molecule has 0 radical (unpaired) electrons. The summed E-state index contributed by atoms with van der Waals surface area (Å²) in [6.07, 6.45) is -0.535. The highest BCUT2D eigenvalue weighted by molar-refractivity contribution is 5.46. The predicted octanol–water partition coefficient (Wildman–Crippen LogP) is 0.997. The van der Waals surface area contributed by atoms with E-state index in [2.05, 4.69) is 33.8 Å². The van der Waals surface area contributed by atoms with Crippen molar-refractivity contribution in [2.45, 2.75) is 40.0 Å². The SMILES string of the molecule is Cc1cc(C)c2c(c1)O[C@@H]([NH+]1CCOCC1)C(C)(C)[C@H]2O. The lowest BCUT2D eigenvalue weighted by Gasteiger charge is -2.46. The van der Waals surface area contributed by atoms with Crippen LogP contribution in [-0.4, -0.2) is 37.6 Å². The lowest BCUT2D eigenvalue weighted by Crippen LogP contribution is -3.20. The van der Waals surface area contributed by atoms with Gasteiger partial charge in [-0.2, -0.15) is 0 Å². The molecule has 2 N–H and O–H groups in total. The van der Waals surface area contributed by atoms with E-state index in [-0.39, 0.29) is 11.6 Å². The van der Waals surface area contributed by atoms with Crippen molar-refractivity contribution in [1.82, 2.24) is 0 Å². The van der Waals surface area contributed by atoms with Gasteiger partial charge < -0.3 is 14.6 Å². The number of aliphatic hydroxyl groups excluding tert-OH is 1. The maximum absolute atomic E-state index is 10.9. The Labute approximate surface area is 126 Å². The van der Waals surface area contributed by atoms with Crippen LogP contribution in [0.3, 0.4) is 0 Å². The molecule has 2 aliphatic rings. The number of hydrogen-bond donors (Lipinski definition) is 2. The molecule has 4 nitrogen and oxygen atoms in total. The summed E-state index contributed by atoms with van der Waals surface area (Å²) in [7, 11) is 0. The highest BCUT2D eigenvalue weighted by Crippen LogP contribution is 2.46. The van der Waals surface area contributed by atoms with Gasteiger partial charge in [0.2, 0.25) is 6.23 Å². The van der Waals surface area contributed by atoms with Crippen LogP contribution in [0.5, 0.6) is 5.75 Å². The number of ether oxygens (including phenoxy) is 2. The summed E-state index contributed by atoms with van der Waals surface area (Å²) in [5, 5.41) is 10.9. The fourth-order valence-electron chi connectivity index (χ4n) is 3.69. The van der Waals surface area contributed by atoms with Gasteiger partial charge in [-0.25, -0.2) is 0 Å². The number of benzene rings is 1. The molecule has 0 bridgehead atoms. The molecule has 4 heteroatoms. The van der Waals surface area contributed by atoms with Crippen molar-refractivity contribution in [3.63, 3.8) is 0 Å². The van der Waals surface area contributed by atoms with Gasteiger partial charge in [-0.3, -0.25) is 4.90 Å². The average molecular weight is 292 g/mol. The van der Waals surface area contributed by atoms with Crippen molar-refractivity contribution in [3.05, 3.63) is 28.8 Å². The van der Waals surface area contributed by atoms with Gasteiger partial charge in [-0.15, -0.1) is 0 Å². The summed E-state index contributed by atoms with van der Waals surface area (Å²) < 4.78 is 11.8. The molecule has 0 unspecified atom stereocenters. The highest BCUT2D eigenvalue weighted by Gasteiger charge is 2.50. The van der Waals surface area contributed by atoms with E-state index in [0.717, 1.165) is 43.2 Å². The first-order valence-corrected chi connectivity index (χ1v) is 7.79. The van der Waals surface area contributed by atoms with Crippen LogP contribution in [0, 0.1) is 19.3 Å². The van der Waals surface area contributed by atoms with Crippen LogP contribution >= 0.6 is 0 Å². The van der Waals surface area contributed by atoms with Crippen molar-refractivity contribution in [2.24, 2.45) is 5.41 Å². The minimum atomic E-state index is -0.498. The first-order valence-electron chi connectivity index (χ1n) is 7.79. The maximum atomic E-state index is 10.9. The van der Waals surface area contributed by atoms with Gasteiger partial charge in [-0.1, -0.05) is 6.07 Å². The molecule has 21 heavy (non-hydrogen) atoms. The first-order chi connectivity index (χ1) is 9.91. The molecular formula is C17H26NO3+. The van der Waals surface area contributed by atoms with E-state index in [1.807, 2.05) is 6.07 Å². The van der Waals surface area contributed by atoms with E-state index in [9.17, 15) is 5.11 Å². The van der Waals surface area contributed by atoms with Crippen LogP contribution < -0.4 is 9.64 Å². The van der Waals surface area contributed by atoms with Crippen LogP contribution in [0.25, 0.3) is 0 Å². The summed E-state index contributed by atoms with van der Waals surface area (Å²) in [6, 6.07) is 4.16. The van der Waals surface area contributed by atoms with Crippen molar-refractivity contribution in [2.75, 3.05) is 26.3 Å². The molecule has 1 fully saturated rings. The fraction of sp³-hybridized carbons (Fsp3) is 0.647. The Morgan fingerprint density at radius 1 is 1.19 bits per heavy atom. The summed E-state index contributed by atoms with van der Waals surface area (Å²) in [5.41, 5.74) is 2.92. The second-order valence-electron chi connectivity index (χ2n) is 6.99. The third kappa shape index (κ3) is 2.45. The Balaban J connectivity index is 2.00. The maximum Gasteiger partial charge on any atom is 0.240 e. The van der Waals surface area contributed by atoms with Gasteiger partial charge in [0.05, 0.1) is 24.7 Å². The number of rotatable bonds is 1. The molecule has 2 atom stereocenters. The number of quaternary nitrogens is 1. The minimum Gasteiger partial charge on any atom is -0.442 e. The highest BCUT2D eigenvalue weighted by atomic mass is 16.5. The summed E-state index contributed by atoms with van der Waals surface area (Å²) in [4.78, 5) is 1.37. The van der Waals surface area contributed by atoms with Crippen molar-refractivity contribution in [3.8, 4) is 5.75 Å². The van der Waals surface area contributed by atoms with E-state index < -0.39 is 6.10 Å². The first kappa shape index (κ1) is 14.8. The third-order valence-corrected chi connectivity index (χ3v) is 4.90. The minimum absolute atomic E-state index is 0.0369. The Morgan fingerprint density at radius 2 is 1.86 bits per heavy atom. The largest absolute Gasteiger partial charge is 0.442 e. The Kier molecular flexibility index (Phi) is 3.72. The summed E-state index contributed by atoms with van der Waals surface area (Å²) >= 11 is 0. The number of aliphatic hydroxyl groups is 1. The van der Waals surface area contributed by atoms with Crippen molar-refractivity contribution < 1.29 is 19.5 Å². The second-order valence-corrected chi connectivity index (χ2v) is 6.99. The van der Waals surface area contributed by atoms with Gasteiger partial charge in [0.15, 0.2) is 0 Å². The number of fused-ring (bicyclic) bond motifs is 1. The number of morpholine rings is 1. The quantitative estimate of drug-likeness (QED) is 0.811. The van der Waals surface area contributed by atoms with Crippen molar-refractivity contribution in [1.29, 1.82) is 0 Å². The second kappa shape index (κ2) is 5.27. The van der Waals surface area contributed by atoms with Crippen LogP contribution in [0.1, 0.15) is 36.6 Å². The van der Waals surface area contributed by atoms with Gasteiger partial charge in [0.25, 0.3) is 0 Å². The summed E-state index contributed by atoms with van der Waals surface area (Å²) in [5.74, 6) is 0.850. The Bertz CT molecular complexity index is 535. The van der Waals surface area contributed by atoms with E-state index in [1.165, 1.54) is 10.5 Å². The Morgan fingerprint density at radius 3 is 2.52 bits per heavy atom. The third-order valence-electron chi connectivity index (χ3n) is 4.90. The molecule has 2 heterocycles. The van der Waals surface area contributed by atoms with E-state index in [0.29, 0.717) is 0 Å². The zero-order valence-electron chi connectivity index (χ0n) is 13.4. The molecule has 1 aromatic rings. The Hall–Kier alpha value is -1.10. The lowest BCUT2D eigenvalue weighted by molar-refractivity contribution is -0.960. The molecule has 0 amide bonds. The monoisotopic (exact) mass is 292 g/mol. The van der Waals surface area contributed by atoms with Crippen molar-refractivity contribution >= 4 is 0 Å². The molecule has 0 spiro atoms. The normalized spacial score (nSPS) is 28.8. The van der Waals surface area contributed by atoms with Crippen LogP contribution in [0.2, 0.25) is 0 Å². The zero-order valence-corrected chi connectivity index (χ0v) is 13.4. The molecule has 1 saturated heterocycles. The summed E-state index contributed by atoms with van der Waals surface area (Å²) in [6.45, 7) is 11.7. The molecule has 2 aliphatic heterocycles. The van der Waals surface area contributed by atoms with Gasteiger partial charge in [0.1, 0.15) is 18.8 Å². The number of nitrogens with one attached hydrogen (secondary N) is 1. The smallest absolute Gasteiger partial charge is 0.240 e. The standard InChI is InChI=1S/C17H25NO3/c1-11-9-12(2)14-13(10-11)21-16(17(3,4)15(14)19)18-5-7-20-8-6-18/h9-10,15-16,19H,5-8H2,1-4H3/p+1/t15-,16+/m0/s1. The van der Waals surface area contributed by atoms with Crippen LogP contribution in [-0.2, 0) is 4.74 Å². The van der Waals surface area contributed by atoms with E-state index >= 15 is 0 Å². The van der Waals surface area contributed by atoms with E-state index in [4.69, 9.17) is 9.47 Å². The number of aryl methyl sites for hydroxylation is 2. The average Bonchev–Trinajstić information content (AvgIpc) is 2.43. The molecular weight excluding hydrogens is 266 g/mol. The topological polar surface area (TPSA) is 43.1 Å². The van der Waals surface area contributed by atoms with Gasteiger partial charge in [0, 0.05) is 5.56 Å². The molecule has 0 aliphatic carbocycles. The lowest BCUT2D eigenvalue weighted by atomic mass is 9.76. The zero-order chi connectivity index (χ0) is 15.2. The van der Waals surface area contributed by atoms with Gasteiger partial charge >= 0.3 is 0 Å².